The molecule has 2 fully saturated rings. The molecule has 0 spiro atoms. The largest absolute Gasteiger partial charge is 0.480 e. The van der Waals surface area contributed by atoms with Crippen molar-refractivity contribution in [3.63, 3.8) is 0 Å². The van der Waals surface area contributed by atoms with Crippen LogP contribution in [-0.2, 0) is 4.79 Å². The zero-order valence-electron chi connectivity index (χ0n) is 13.1. The molecule has 1 N–H and O–H groups in total. The molecule has 1 saturated heterocycles. The van der Waals surface area contributed by atoms with E-state index in [0.29, 0.717) is 24.7 Å². The topological polar surface area (TPSA) is 83.6 Å². The Morgan fingerprint density at radius 2 is 1.88 bits per heavy atom. The lowest BCUT2D eigenvalue weighted by Gasteiger charge is -2.27. The average molecular weight is 326 g/mol. The van der Waals surface area contributed by atoms with Crippen LogP contribution in [0.2, 0.25) is 0 Å². The Bertz CT molecular complexity index is 766. The number of hydrogen-bond acceptors (Lipinski definition) is 4. The van der Waals surface area contributed by atoms with Crippen LogP contribution in [0.25, 0.3) is 0 Å². The molecular formula is C18H18N2O4. The fraction of sp³-hybridized carbons (Fsp3) is 0.389. The third-order valence-electron chi connectivity index (χ3n) is 4.75. The number of oxazole rings is 1. The molecule has 1 aliphatic heterocycles. The summed E-state index contributed by atoms with van der Waals surface area (Å²) in [6.45, 7) is 0. The summed E-state index contributed by atoms with van der Waals surface area (Å²) in [5.41, 5.74) is 0.941. The predicted octanol–water partition coefficient (Wildman–Crippen LogP) is 2.98. The first kappa shape index (κ1) is 14.9. The lowest BCUT2D eigenvalue weighted by atomic mass is 10.0. The normalized spacial score (nSPS) is 23.4. The van der Waals surface area contributed by atoms with Crippen molar-refractivity contribution in [2.75, 3.05) is 0 Å². The van der Waals surface area contributed by atoms with Gasteiger partial charge >= 0.3 is 5.97 Å². The summed E-state index contributed by atoms with van der Waals surface area (Å²) >= 11 is 0. The maximum atomic E-state index is 12.9. The number of benzene rings is 1. The van der Waals surface area contributed by atoms with Crippen molar-refractivity contribution in [3.05, 3.63) is 53.7 Å². The summed E-state index contributed by atoms with van der Waals surface area (Å²) in [5, 5.41) is 9.51. The van der Waals surface area contributed by atoms with Crippen LogP contribution in [0, 0.1) is 0 Å². The van der Waals surface area contributed by atoms with Gasteiger partial charge in [0.05, 0.1) is 12.2 Å². The highest BCUT2D eigenvalue weighted by Gasteiger charge is 2.43. The minimum Gasteiger partial charge on any atom is -0.480 e. The molecule has 1 amide bonds. The molecule has 0 bridgehead atoms. The number of amides is 1. The monoisotopic (exact) mass is 326 g/mol. The first-order chi connectivity index (χ1) is 11.6. The number of carbonyl (C=O) groups excluding carboxylic acids is 1. The number of rotatable bonds is 4. The highest BCUT2D eigenvalue weighted by molar-refractivity contribution is 5.95. The van der Waals surface area contributed by atoms with Crippen molar-refractivity contribution < 1.29 is 19.1 Å². The van der Waals surface area contributed by atoms with Crippen molar-refractivity contribution in [3.8, 4) is 0 Å². The van der Waals surface area contributed by atoms with Crippen molar-refractivity contribution in [1.82, 2.24) is 9.88 Å². The van der Waals surface area contributed by atoms with Gasteiger partial charge in [-0.05, 0) is 31.2 Å². The smallest absolute Gasteiger partial charge is 0.326 e. The second-order valence-electron chi connectivity index (χ2n) is 6.41. The molecule has 6 nitrogen and oxygen atoms in total. The van der Waals surface area contributed by atoms with Gasteiger partial charge in [0.1, 0.15) is 6.04 Å². The lowest BCUT2D eigenvalue weighted by molar-refractivity contribution is -0.141. The number of aliphatic carboxylic acids is 1. The number of aromatic nitrogens is 1. The molecule has 1 unspecified atom stereocenters. The Hall–Kier alpha value is -2.63. The second kappa shape index (κ2) is 5.78. The van der Waals surface area contributed by atoms with Gasteiger partial charge in [0.25, 0.3) is 5.91 Å². The van der Waals surface area contributed by atoms with Gasteiger partial charge in [0, 0.05) is 5.92 Å². The summed E-state index contributed by atoms with van der Waals surface area (Å²) in [5.74, 6) is -0.353. The van der Waals surface area contributed by atoms with Gasteiger partial charge in [0.15, 0.2) is 5.89 Å². The van der Waals surface area contributed by atoms with E-state index in [0.717, 1.165) is 18.4 Å². The van der Waals surface area contributed by atoms with Crippen LogP contribution < -0.4 is 0 Å². The molecule has 0 radical (unpaired) electrons. The van der Waals surface area contributed by atoms with E-state index in [-0.39, 0.29) is 11.8 Å². The van der Waals surface area contributed by atoms with Gasteiger partial charge in [-0.15, -0.1) is 0 Å². The molecule has 2 atom stereocenters. The number of carboxylic acid groups (broad SMARTS) is 1. The summed E-state index contributed by atoms with van der Waals surface area (Å²) in [4.78, 5) is 30.2. The molecule has 2 heterocycles. The third kappa shape index (κ3) is 2.58. The van der Waals surface area contributed by atoms with Crippen molar-refractivity contribution in [1.29, 1.82) is 0 Å². The van der Waals surface area contributed by atoms with Crippen LogP contribution in [0.5, 0.6) is 0 Å². The van der Waals surface area contributed by atoms with Gasteiger partial charge in [-0.2, -0.15) is 0 Å². The van der Waals surface area contributed by atoms with Crippen molar-refractivity contribution in [2.24, 2.45) is 0 Å². The van der Waals surface area contributed by atoms with E-state index < -0.39 is 17.9 Å². The molecule has 6 heteroatoms. The molecule has 4 rings (SSSR count). The Balaban J connectivity index is 1.66. The quantitative estimate of drug-likeness (QED) is 0.934. The summed E-state index contributed by atoms with van der Waals surface area (Å²) < 4.78 is 5.60. The summed E-state index contributed by atoms with van der Waals surface area (Å²) in [7, 11) is 0. The number of carboxylic acids is 1. The van der Waals surface area contributed by atoms with Crippen molar-refractivity contribution >= 4 is 11.9 Å². The molecule has 1 saturated carbocycles. The molecule has 1 aromatic carbocycles. The highest BCUT2D eigenvalue weighted by atomic mass is 16.4. The van der Waals surface area contributed by atoms with Crippen LogP contribution in [0.4, 0.5) is 0 Å². The van der Waals surface area contributed by atoms with Crippen LogP contribution >= 0.6 is 0 Å². The Kier molecular flexibility index (Phi) is 3.59. The van der Waals surface area contributed by atoms with Crippen molar-refractivity contribution in [2.45, 2.75) is 43.7 Å². The maximum Gasteiger partial charge on any atom is 0.326 e. The maximum absolute atomic E-state index is 12.9. The number of nitrogens with zero attached hydrogens (tertiary/aromatic N) is 2. The average Bonchev–Trinajstić information content (AvgIpc) is 3.16. The Labute approximate surface area is 139 Å². The first-order valence-corrected chi connectivity index (χ1v) is 8.21. The number of hydrogen-bond donors (Lipinski definition) is 1. The fourth-order valence-electron chi connectivity index (χ4n) is 3.37. The van der Waals surface area contributed by atoms with Gasteiger partial charge in [-0.3, -0.25) is 4.79 Å². The lowest BCUT2D eigenvalue weighted by Crippen LogP contribution is -2.41. The second-order valence-corrected chi connectivity index (χ2v) is 6.41. The minimum atomic E-state index is -0.983. The molecule has 124 valence electrons. The van der Waals surface area contributed by atoms with E-state index in [1.165, 1.54) is 11.1 Å². The molecule has 1 aliphatic carbocycles. The number of carbonyl (C=O) groups is 2. The van der Waals surface area contributed by atoms with E-state index in [1.54, 1.807) is 0 Å². The van der Waals surface area contributed by atoms with Crippen LogP contribution in [0.15, 0.2) is 40.9 Å². The van der Waals surface area contributed by atoms with Gasteiger partial charge < -0.3 is 14.4 Å². The van der Waals surface area contributed by atoms with Gasteiger partial charge in [-0.25, -0.2) is 9.78 Å². The first-order valence-electron chi connectivity index (χ1n) is 8.21. The highest BCUT2D eigenvalue weighted by Crippen LogP contribution is 2.41. The molecule has 2 aromatic rings. The molecule has 2 aliphatic rings. The Morgan fingerprint density at radius 3 is 2.54 bits per heavy atom. The van der Waals surface area contributed by atoms with Crippen LogP contribution in [0.1, 0.15) is 59.7 Å². The fourth-order valence-corrected chi connectivity index (χ4v) is 3.37. The molecular weight excluding hydrogens is 308 g/mol. The van der Waals surface area contributed by atoms with E-state index in [4.69, 9.17) is 4.42 Å². The summed E-state index contributed by atoms with van der Waals surface area (Å²) in [6, 6.07) is 8.44. The van der Waals surface area contributed by atoms with E-state index in [1.807, 2.05) is 30.3 Å². The number of likely N-dealkylation sites (tertiary alicyclic amines) is 1. The third-order valence-corrected chi connectivity index (χ3v) is 4.75. The van der Waals surface area contributed by atoms with E-state index in [9.17, 15) is 14.7 Å². The predicted molar refractivity (Wildman–Crippen MR) is 84.5 cm³/mol. The zero-order valence-corrected chi connectivity index (χ0v) is 13.1. The Morgan fingerprint density at radius 1 is 1.12 bits per heavy atom. The van der Waals surface area contributed by atoms with E-state index >= 15 is 0 Å². The minimum absolute atomic E-state index is 0.131. The molecule has 1 aromatic heterocycles. The van der Waals surface area contributed by atoms with Gasteiger partial charge in [-0.1, -0.05) is 30.3 Å². The SMILES string of the molecule is O=C(O)C1CC[C@@H](c2ccccc2)N1C(=O)c1cnc(C2CC2)o1. The van der Waals surface area contributed by atoms with Crippen LogP contribution in [0.3, 0.4) is 0 Å². The molecule has 24 heavy (non-hydrogen) atoms. The van der Waals surface area contributed by atoms with Crippen LogP contribution in [-0.4, -0.2) is 32.9 Å². The van der Waals surface area contributed by atoms with Gasteiger partial charge in [0.2, 0.25) is 5.76 Å². The zero-order chi connectivity index (χ0) is 16.7. The summed E-state index contributed by atoms with van der Waals surface area (Å²) in [6.07, 6.45) is 4.54. The van der Waals surface area contributed by atoms with E-state index in [2.05, 4.69) is 4.98 Å². The standard InChI is InChI=1S/C18H18N2O4/c21-17(15-10-19-16(24-15)12-6-7-12)20-13(8-9-14(20)18(22)23)11-4-2-1-3-5-11/h1-5,10,12-14H,6-9H2,(H,22,23)/t13-,14?/m0/s1.